The van der Waals surface area contributed by atoms with Crippen LogP contribution in [0.2, 0.25) is 0 Å². The Hall–Kier alpha value is -4.45. The van der Waals surface area contributed by atoms with Crippen molar-refractivity contribution in [1.29, 1.82) is 0 Å². The van der Waals surface area contributed by atoms with Crippen molar-refractivity contribution in [3.8, 4) is 17.0 Å². The van der Waals surface area contributed by atoms with E-state index in [-0.39, 0.29) is 41.0 Å². The zero-order valence-electron chi connectivity index (χ0n) is 24.6. The van der Waals surface area contributed by atoms with Crippen molar-refractivity contribution in [3.63, 3.8) is 0 Å². The number of benzene rings is 2. The molecule has 0 N–H and O–H groups in total. The summed E-state index contributed by atoms with van der Waals surface area (Å²) in [6, 6.07) is 15.1. The lowest BCUT2D eigenvalue weighted by atomic mass is 10.0. The van der Waals surface area contributed by atoms with Gasteiger partial charge in [0.2, 0.25) is 5.91 Å². The van der Waals surface area contributed by atoms with Gasteiger partial charge in [-0.05, 0) is 43.7 Å². The van der Waals surface area contributed by atoms with E-state index in [4.69, 9.17) is 4.74 Å². The van der Waals surface area contributed by atoms with Gasteiger partial charge in [0.1, 0.15) is 17.4 Å². The van der Waals surface area contributed by atoms with Crippen LogP contribution in [-0.4, -0.2) is 88.0 Å². The molecule has 2 atom stereocenters. The molecule has 12 heteroatoms. The van der Waals surface area contributed by atoms with E-state index in [0.29, 0.717) is 28.9 Å². The Bertz CT molecular complexity index is 1640. The van der Waals surface area contributed by atoms with Gasteiger partial charge in [0.15, 0.2) is 11.3 Å². The maximum absolute atomic E-state index is 14.4. The number of nitrogens with zero attached hydrogens (tertiary/aromatic N) is 6. The van der Waals surface area contributed by atoms with Gasteiger partial charge in [-0.25, -0.2) is 9.50 Å². The van der Waals surface area contributed by atoms with E-state index in [1.54, 1.807) is 48.2 Å². The predicted octanol–water partition coefficient (Wildman–Crippen LogP) is 4.71. The molecule has 0 bridgehead atoms. The monoisotopic (exact) mass is 594 g/mol. The molecule has 3 heterocycles. The minimum atomic E-state index is -4.75. The van der Waals surface area contributed by atoms with Crippen LogP contribution >= 0.6 is 0 Å². The molecule has 2 amide bonds. The van der Waals surface area contributed by atoms with E-state index in [0.717, 1.165) is 11.8 Å². The van der Waals surface area contributed by atoms with Crippen LogP contribution in [0.5, 0.6) is 5.75 Å². The molecular weight excluding hydrogens is 561 g/mol. The smallest absolute Gasteiger partial charge is 0.433 e. The van der Waals surface area contributed by atoms with Crippen molar-refractivity contribution in [2.75, 3.05) is 40.8 Å². The molecule has 2 aromatic heterocycles. The third kappa shape index (κ3) is 5.66. The summed E-state index contributed by atoms with van der Waals surface area (Å²) in [4.78, 5) is 36.8. The maximum Gasteiger partial charge on any atom is 0.433 e. The first-order chi connectivity index (χ1) is 20.4. The van der Waals surface area contributed by atoms with E-state index in [1.807, 2.05) is 42.2 Å². The molecule has 0 aliphatic carbocycles. The summed E-state index contributed by atoms with van der Waals surface area (Å²) in [5.74, 6) is 0.00211. The molecule has 0 radical (unpaired) electrons. The van der Waals surface area contributed by atoms with Gasteiger partial charge < -0.3 is 14.5 Å². The normalized spacial score (nSPS) is 16.7. The zero-order valence-corrected chi connectivity index (χ0v) is 24.6. The van der Waals surface area contributed by atoms with Gasteiger partial charge in [-0.2, -0.15) is 18.3 Å². The maximum atomic E-state index is 14.4. The molecule has 0 unspecified atom stereocenters. The average Bonchev–Trinajstić information content (AvgIpc) is 3.39. The zero-order chi connectivity index (χ0) is 31.1. The summed E-state index contributed by atoms with van der Waals surface area (Å²) in [6.07, 6.45) is -3.60. The number of carbonyl (C=O) groups is 2. The lowest BCUT2D eigenvalue weighted by Crippen LogP contribution is -2.56. The Morgan fingerprint density at radius 1 is 1.05 bits per heavy atom. The van der Waals surface area contributed by atoms with E-state index >= 15 is 0 Å². The van der Waals surface area contributed by atoms with Gasteiger partial charge in [0.05, 0.1) is 19.0 Å². The van der Waals surface area contributed by atoms with Gasteiger partial charge >= 0.3 is 6.18 Å². The molecule has 9 nitrogen and oxygen atoms in total. The minimum absolute atomic E-state index is 0.0236. The highest BCUT2D eigenvalue weighted by Gasteiger charge is 2.40. The molecule has 5 rings (SSSR count). The number of rotatable bonds is 6. The number of hydrogen-bond donors (Lipinski definition) is 0. The fraction of sp³-hybridized carbons (Fsp3) is 0.355. The molecule has 2 aromatic carbocycles. The number of amides is 2. The number of aromatic nitrogens is 3. The van der Waals surface area contributed by atoms with Crippen molar-refractivity contribution >= 4 is 17.5 Å². The highest BCUT2D eigenvalue weighted by Crippen LogP contribution is 2.37. The largest absolute Gasteiger partial charge is 0.497 e. The standard InChI is InChI=1S/C31H33F3N6O3/c1-19-18-38(26(30(42)37(3)4)22-9-7-6-8-10-22)15-16-39(19)29(41)24-17-35-40-27(31(32,33)34)20(2)25(36-28(24)40)21-11-13-23(43-5)14-12-21/h6-14,17,19,26H,15-16,18H2,1-5H3/t19-,26+/m1/s1. The number of halogens is 3. The quantitative estimate of drug-likeness (QED) is 0.322. The number of piperazine rings is 1. The summed E-state index contributed by atoms with van der Waals surface area (Å²) in [7, 11) is 4.91. The molecule has 0 spiro atoms. The van der Waals surface area contributed by atoms with Crippen LogP contribution in [0.4, 0.5) is 13.2 Å². The van der Waals surface area contributed by atoms with Gasteiger partial charge in [-0.15, -0.1) is 0 Å². The Labute approximate surface area is 247 Å². The number of carbonyl (C=O) groups excluding carboxylic acids is 2. The van der Waals surface area contributed by atoms with Crippen molar-refractivity contribution in [3.05, 3.63) is 83.2 Å². The SMILES string of the molecule is COc1ccc(-c2nc3c(C(=O)N4CCN([C@H](C(=O)N(C)C)c5ccccc5)C[C@H]4C)cnn3c(C(F)(F)F)c2C)cc1. The number of likely N-dealkylation sites (N-methyl/N-ethyl adjacent to an activating group) is 1. The highest BCUT2D eigenvalue weighted by atomic mass is 19.4. The number of hydrogen-bond acceptors (Lipinski definition) is 6. The number of alkyl halides is 3. The van der Waals surface area contributed by atoms with Gasteiger partial charge in [0, 0.05) is 50.9 Å². The fourth-order valence-electron chi connectivity index (χ4n) is 5.65. The summed E-state index contributed by atoms with van der Waals surface area (Å²) >= 11 is 0. The molecule has 1 aliphatic rings. The van der Waals surface area contributed by atoms with Crippen LogP contribution in [0.15, 0.2) is 60.8 Å². The Kier molecular flexibility index (Phi) is 8.15. The van der Waals surface area contributed by atoms with Crippen LogP contribution in [0.3, 0.4) is 0 Å². The van der Waals surface area contributed by atoms with Crippen molar-refractivity contribution in [2.24, 2.45) is 0 Å². The molecule has 1 fully saturated rings. The molecule has 4 aromatic rings. The van der Waals surface area contributed by atoms with Crippen LogP contribution in [-0.2, 0) is 11.0 Å². The average molecular weight is 595 g/mol. The highest BCUT2D eigenvalue weighted by molar-refractivity contribution is 6.00. The Balaban J connectivity index is 1.50. The van der Waals surface area contributed by atoms with Crippen LogP contribution in [0.1, 0.15) is 40.1 Å². The first-order valence-corrected chi connectivity index (χ1v) is 13.8. The Morgan fingerprint density at radius 2 is 1.72 bits per heavy atom. The fourth-order valence-corrected chi connectivity index (χ4v) is 5.65. The van der Waals surface area contributed by atoms with Crippen molar-refractivity contribution in [2.45, 2.75) is 32.1 Å². The number of fused-ring (bicyclic) bond motifs is 1. The van der Waals surface area contributed by atoms with Crippen LogP contribution < -0.4 is 4.74 Å². The lowest BCUT2D eigenvalue weighted by Gasteiger charge is -2.43. The third-order valence-corrected chi connectivity index (χ3v) is 7.82. The van der Waals surface area contributed by atoms with E-state index in [2.05, 4.69) is 10.1 Å². The first kappa shape index (κ1) is 30.0. The minimum Gasteiger partial charge on any atom is -0.497 e. The van der Waals surface area contributed by atoms with Gasteiger partial charge in [0.25, 0.3) is 5.91 Å². The third-order valence-electron chi connectivity index (χ3n) is 7.82. The summed E-state index contributed by atoms with van der Waals surface area (Å²) in [5.41, 5.74) is 0.104. The molecule has 0 saturated carbocycles. The predicted molar refractivity (Wildman–Crippen MR) is 155 cm³/mol. The molecule has 1 saturated heterocycles. The van der Waals surface area contributed by atoms with E-state index in [9.17, 15) is 22.8 Å². The number of methoxy groups -OCH3 is 1. The van der Waals surface area contributed by atoms with Gasteiger partial charge in [-0.1, -0.05) is 30.3 Å². The second-order valence-electron chi connectivity index (χ2n) is 10.8. The lowest BCUT2D eigenvalue weighted by molar-refractivity contribution is -0.143. The van der Waals surface area contributed by atoms with Crippen LogP contribution in [0, 0.1) is 6.92 Å². The topological polar surface area (TPSA) is 83.3 Å². The van der Waals surface area contributed by atoms with Crippen LogP contribution in [0.25, 0.3) is 16.9 Å². The molecular formula is C31H33F3N6O3. The first-order valence-electron chi connectivity index (χ1n) is 13.8. The summed E-state index contributed by atoms with van der Waals surface area (Å²) in [5, 5.41) is 3.98. The number of ether oxygens (including phenoxy) is 1. The van der Waals surface area contributed by atoms with E-state index in [1.165, 1.54) is 14.0 Å². The van der Waals surface area contributed by atoms with Gasteiger partial charge in [-0.3, -0.25) is 14.5 Å². The second kappa shape index (κ2) is 11.7. The van der Waals surface area contributed by atoms with Crippen molar-refractivity contribution in [1.82, 2.24) is 29.3 Å². The molecule has 226 valence electrons. The second-order valence-corrected chi connectivity index (χ2v) is 10.8. The molecule has 1 aliphatic heterocycles. The Morgan fingerprint density at radius 3 is 2.30 bits per heavy atom. The summed E-state index contributed by atoms with van der Waals surface area (Å²) < 4.78 is 49.0. The van der Waals surface area contributed by atoms with E-state index < -0.39 is 23.8 Å². The van der Waals surface area contributed by atoms with Crippen molar-refractivity contribution < 1.29 is 27.5 Å². The molecule has 43 heavy (non-hydrogen) atoms. The summed E-state index contributed by atoms with van der Waals surface area (Å²) in [6.45, 7) is 4.26.